The maximum atomic E-state index is 12.8. The van der Waals surface area contributed by atoms with Crippen LogP contribution < -0.4 is 5.32 Å². The smallest absolute Gasteiger partial charge is 0.317 e. The van der Waals surface area contributed by atoms with Gasteiger partial charge >= 0.3 is 6.03 Å². The Morgan fingerprint density at radius 3 is 2.19 bits per heavy atom. The van der Waals surface area contributed by atoms with Crippen LogP contribution >= 0.6 is 0 Å². The molecule has 0 aromatic carbocycles. The molecule has 2 heterocycles. The lowest BCUT2D eigenvalue weighted by Gasteiger charge is -2.35. The lowest BCUT2D eigenvalue weighted by molar-refractivity contribution is -0.136. The van der Waals surface area contributed by atoms with Crippen molar-refractivity contribution in [1.29, 1.82) is 0 Å². The van der Waals surface area contributed by atoms with Gasteiger partial charge in [0.25, 0.3) is 0 Å². The molecule has 0 spiro atoms. The Morgan fingerprint density at radius 2 is 1.73 bits per heavy atom. The fourth-order valence-corrected chi connectivity index (χ4v) is 3.80. The van der Waals surface area contributed by atoms with Crippen LogP contribution in [0, 0.1) is 5.92 Å². The van der Waals surface area contributed by atoms with E-state index in [0.29, 0.717) is 39.1 Å². The molecule has 0 aliphatic carbocycles. The highest BCUT2D eigenvalue weighted by molar-refractivity contribution is 5.89. The van der Waals surface area contributed by atoms with E-state index in [1.807, 2.05) is 44.4 Å². The molecule has 0 saturated carbocycles. The number of nitrogens with zero attached hydrogens (tertiary/aromatic N) is 3. The van der Waals surface area contributed by atoms with Crippen molar-refractivity contribution in [2.24, 2.45) is 5.92 Å². The van der Waals surface area contributed by atoms with Gasteiger partial charge in [-0.1, -0.05) is 0 Å². The fraction of sp³-hybridized carbons (Fsp3) is 0.842. The van der Waals surface area contributed by atoms with E-state index in [1.54, 1.807) is 4.90 Å². The molecule has 0 bridgehead atoms. The Kier molecular flexibility index (Phi) is 6.53. The number of likely N-dealkylation sites (tertiary alicyclic amines) is 2. The Balaban J connectivity index is 1.84. The third kappa shape index (κ3) is 4.68. The summed E-state index contributed by atoms with van der Waals surface area (Å²) < 4.78 is 0. The van der Waals surface area contributed by atoms with Crippen LogP contribution in [0.1, 0.15) is 53.9 Å². The van der Waals surface area contributed by atoms with Crippen molar-refractivity contribution >= 4 is 17.8 Å². The van der Waals surface area contributed by atoms with Crippen molar-refractivity contribution in [2.45, 2.75) is 65.5 Å². The van der Waals surface area contributed by atoms with Crippen LogP contribution in [0.5, 0.6) is 0 Å². The lowest BCUT2D eigenvalue weighted by Crippen LogP contribution is -2.51. The van der Waals surface area contributed by atoms with Crippen LogP contribution in [-0.2, 0) is 9.59 Å². The van der Waals surface area contributed by atoms with Gasteiger partial charge in [0.2, 0.25) is 11.8 Å². The van der Waals surface area contributed by atoms with Gasteiger partial charge in [-0.2, -0.15) is 0 Å². The molecule has 0 unspecified atom stereocenters. The normalized spacial score (nSPS) is 21.9. The quantitative estimate of drug-likeness (QED) is 0.823. The average molecular weight is 367 g/mol. The van der Waals surface area contributed by atoms with Crippen molar-refractivity contribution < 1.29 is 14.4 Å². The van der Waals surface area contributed by atoms with Crippen molar-refractivity contribution in [3.8, 4) is 0 Å². The van der Waals surface area contributed by atoms with Gasteiger partial charge in [0.15, 0.2) is 0 Å². The highest BCUT2D eigenvalue weighted by Gasteiger charge is 2.41. The van der Waals surface area contributed by atoms with E-state index in [9.17, 15) is 14.4 Å². The summed E-state index contributed by atoms with van der Waals surface area (Å²) in [5, 5.41) is 3.07. The molecular formula is C19H34N4O3. The number of rotatable bonds is 4. The van der Waals surface area contributed by atoms with Gasteiger partial charge in [-0.15, -0.1) is 0 Å². The molecule has 2 saturated heterocycles. The topological polar surface area (TPSA) is 73.0 Å². The standard InChI is InChI=1S/C19H34N4O3/c1-6-21(7-2)18(26)20-15-8-10-22(11-9-15)17(25)14-12-16(24)23(13-14)19(3,4)5/h14-15H,6-13H2,1-5H3,(H,20,26)/t14-/m1/s1. The Hall–Kier alpha value is -1.79. The third-order valence-corrected chi connectivity index (χ3v) is 5.47. The number of carbonyl (C=O) groups excluding carboxylic acids is 3. The highest BCUT2D eigenvalue weighted by atomic mass is 16.2. The number of urea groups is 1. The van der Waals surface area contributed by atoms with Crippen LogP contribution in [-0.4, -0.2) is 76.8 Å². The molecule has 4 amide bonds. The summed E-state index contributed by atoms with van der Waals surface area (Å²) in [6.07, 6.45) is 1.85. The van der Waals surface area contributed by atoms with Gasteiger partial charge in [0, 0.05) is 50.7 Å². The second-order valence-electron chi connectivity index (χ2n) is 8.30. The van der Waals surface area contributed by atoms with Crippen LogP contribution in [0.15, 0.2) is 0 Å². The molecule has 7 nitrogen and oxygen atoms in total. The summed E-state index contributed by atoms with van der Waals surface area (Å²) in [6.45, 7) is 13.1. The minimum Gasteiger partial charge on any atom is -0.342 e. The summed E-state index contributed by atoms with van der Waals surface area (Å²) in [7, 11) is 0. The molecule has 148 valence electrons. The first-order valence-electron chi connectivity index (χ1n) is 9.82. The summed E-state index contributed by atoms with van der Waals surface area (Å²) in [5.74, 6) is -0.0839. The summed E-state index contributed by atoms with van der Waals surface area (Å²) in [6, 6.07) is 0.0884. The van der Waals surface area contributed by atoms with Crippen LogP contribution in [0.3, 0.4) is 0 Å². The predicted octanol–water partition coefficient (Wildman–Crippen LogP) is 1.68. The SMILES string of the molecule is CCN(CC)C(=O)NC1CCN(C(=O)[C@@H]2CC(=O)N(C(C)(C)C)C2)CC1. The Bertz CT molecular complexity index is 531. The second-order valence-corrected chi connectivity index (χ2v) is 8.30. The maximum Gasteiger partial charge on any atom is 0.317 e. The number of hydrogen-bond acceptors (Lipinski definition) is 3. The van der Waals surface area contributed by atoms with Crippen LogP contribution in [0.25, 0.3) is 0 Å². The first-order valence-corrected chi connectivity index (χ1v) is 9.82. The number of piperidine rings is 1. The molecule has 2 rings (SSSR count). The molecule has 2 aliphatic heterocycles. The largest absolute Gasteiger partial charge is 0.342 e. The van der Waals surface area contributed by atoms with Crippen molar-refractivity contribution in [1.82, 2.24) is 20.0 Å². The van der Waals surface area contributed by atoms with Gasteiger partial charge in [-0.05, 0) is 47.5 Å². The van der Waals surface area contributed by atoms with E-state index in [-0.39, 0.29) is 35.3 Å². The van der Waals surface area contributed by atoms with E-state index < -0.39 is 0 Å². The molecule has 2 fully saturated rings. The van der Waals surface area contributed by atoms with Gasteiger partial charge < -0.3 is 20.0 Å². The van der Waals surface area contributed by atoms with E-state index in [0.717, 1.165) is 12.8 Å². The van der Waals surface area contributed by atoms with Crippen LogP contribution in [0.2, 0.25) is 0 Å². The molecule has 2 aliphatic rings. The predicted molar refractivity (Wildman–Crippen MR) is 101 cm³/mol. The zero-order chi connectivity index (χ0) is 19.5. The van der Waals surface area contributed by atoms with Gasteiger partial charge in [0.1, 0.15) is 0 Å². The molecule has 0 aromatic rings. The Labute approximate surface area is 157 Å². The maximum absolute atomic E-state index is 12.8. The van der Waals surface area contributed by atoms with Gasteiger partial charge in [0.05, 0.1) is 5.92 Å². The second kappa shape index (κ2) is 8.27. The molecule has 26 heavy (non-hydrogen) atoms. The molecule has 7 heteroatoms. The Morgan fingerprint density at radius 1 is 1.15 bits per heavy atom. The average Bonchev–Trinajstić information content (AvgIpc) is 2.98. The van der Waals surface area contributed by atoms with E-state index in [1.165, 1.54) is 0 Å². The zero-order valence-electron chi connectivity index (χ0n) is 16.9. The van der Waals surface area contributed by atoms with E-state index in [2.05, 4.69) is 5.32 Å². The molecule has 0 aromatic heterocycles. The number of amides is 4. The minimum absolute atomic E-state index is 0.0259. The van der Waals surface area contributed by atoms with Crippen molar-refractivity contribution in [2.75, 3.05) is 32.7 Å². The number of hydrogen-bond donors (Lipinski definition) is 1. The minimum atomic E-state index is -0.242. The van der Waals surface area contributed by atoms with E-state index in [4.69, 9.17) is 0 Å². The number of nitrogens with one attached hydrogen (secondary N) is 1. The van der Waals surface area contributed by atoms with Crippen molar-refractivity contribution in [3.05, 3.63) is 0 Å². The molecular weight excluding hydrogens is 332 g/mol. The molecule has 0 radical (unpaired) electrons. The fourth-order valence-electron chi connectivity index (χ4n) is 3.80. The number of carbonyl (C=O) groups is 3. The molecule has 1 N–H and O–H groups in total. The third-order valence-electron chi connectivity index (χ3n) is 5.47. The summed E-state index contributed by atoms with van der Waals surface area (Å²) >= 11 is 0. The van der Waals surface area contributed by atoms with Crippen LogP contribution in [0.4, 0.5) is 4.79 Å². The van der Waals surface area contributed by atoms with Gasteiger partial charge in [-0.25, -0.2) is 4.79 Å². The highest BCUT2D eigenvalue weighted by Crippen LogP contribution is 2.27. The zero-order valence-corrected chi connectivity index (χ0v) is 16.9. The monoisotopic (exact) mass is 366 g/mol. The van der Waals surface area contributed by atoms with Crippen molar-refractivity contribution in [3.63, 3.8) is 0 Å². The van der Waals surface area contributed by atoms with E-state index >= 15 is 0 Å². The van der Waals surface area contributed by atoms with Gasteiger partial charge in [-0.3, -0.25) is 9.59 Å². The first-order chi connectivity index (χ1) is 12.2. The molecule has 1 atom stereocenters. The first kappa shape index (κ1) is 20.5. The summed E-state index contributed by atoms with van der Waals surface area (Å²) in [5.41, 5.74) is -0.242. The summed E-state index contributed by atoms with van der Waals surface area (Å²) in [4.78, 5) is 42.6. The lowest BCUT2D eigenvalue weighted by atomic mass is 10.0.